The largest absolute Gasteiger partial charge is 0.507 e. The highest BCUT2D eigenvalue weighted by atomic mass is 35.5. The SMILES string of the molecule is CC1Cc2cc(/C(O)=C3\C(=O)C(=O)N(CCCN(C)C)C3c3ccc(Cl)c(Cl)c3)ccc2O1. The van der Waals surface area contributed by atoms with Crippen molar-refractivity contribution in [1.82, 2.24) is 9.80 Å². The highest BCUT2D eigenvalue weighted by Gasteiger charge is 2.46. The summed E-state index contributed by atoms with van der Waals surface area (Å²) in [6.45, 7) is 3.09. The van der Waals surface area contributed by atoms with Crippen molar-refractivity contribution in [2.75, 3.05) is 27.2 Å². The molecule has 2 aliphatic rings. The van der Waals surface area contributed by atoms with Crippen LogP contribution in [0.2, 0.25) is 10.0 Å². The van der Waals surface area contributed by atoms with Crippen LogP contribution in [-0.2, 0) is 16.0 Å². The van der Waals surface area contributed by atoms with Gasteiger partial charge in [-0.05, 0) is 75.4 Å². The van der Waals surface area contributed by atoms with E-state index >= 15 is 0 Å². The number of hydrogen-bond acceptors (Lipinski definition) is 5. The molecule has 2 aromatic carbocycles. The van der Waals surface area contributed by atoms with Gasteiger partial charge < -0.3 is 19.6 Å². The van der Waals surface area contributed by atoms with Crippen LogP contribution in [-0.4, -0.2) is 59.9 Å². The highest BCUT2D eigenvalue weighted by Crippen LogP contribution is 2.42. The van der Waals surface area contributed by atoms with Crippen LogP contribution in [0.1, 0.15) is 36.1 Å². The quantitative estimate of drug-likeness (QED) is 0.362. The van der Waals surface area contributed by atoms with Crippen molar-refractivity contribution in [3.63, 3.8) is 0 Å². The van der Waals surface area contributed by atoms with Crippen LogP contribution in [0.4, 0.5) is 0 Å². The van der Waals surface area contributed by atoms with E-state index in [9.17, 15) is 14.7 Å². The van der Waals surface area contributed by atoms with E-state index in [2.05, 4.69) is 0 Å². The molecular weight excluding hydrogens is 463 g/mol. The summed E-state index contributed by atoms with van der Waals surface area (Å²) in [5, 5.41) is 12.0. The topological polar surface area (TPSA) is 70.1 Å². The van der Waals surface area contributed by atoms with Crippen LogP contribution in [0.15, 0.2) is 42.0 Å². The Balaban J connectivity index is 1.80. The molecule has 2 unspecified atom stereocenters. The third kappa shape index (κ3) is 4.60. The molecule has 0 bridgehead atoms. The van der Waals surface area contributed by atoms with Crippen LogP contribution < -0.4 is 4.74 Å². The number of carbonyl (C=O) groups excluding carboxylic acids is 2. The van der Waals surface area contributed by atoms with Crippen molar-refractivity contribution in [2.24, 2.45) is 0 Å². The first kappa shape index (κ1) is 23.6. The lowest BCUT2D eigenvalue weighted by atomic mass is 9.94. The van der Waals surface area contributed by atoms with Gasteiger partial charge in [-0.15, -0.1) is 0 Å². The Morgan fingerprint density at radius 1 is 1.15 bits per heavy atom. The molecule has 33 heavy (non-hydrogen) atoms. The maximum Gasteiger partial charge on any atom is 0.295 e. The Labute approximate surface area is 203 Å². The molecule has 0 spiro atoms. The van der Waals surface area contributed by atoms with E-state index in [0.717, 1.165) is 17.9 Å². The van der Waals surface area contributed by atoms with Gasteiger partial charge >= 0.3 is 0 Å². The Morgan fingerprint density at radius 2 is 1.91 bits per heavy atom. The molecule has 2 aliphatic heterocycles. The lowest BCUT2D eigenvalue weighted by Gasteiger charge is -2.26. The third-order valence-electron chi connectivity index (χ3n) is 5.97. The summed E-state index contributed by atoms with van der Waals surface area (Å²) in [6, 6.07) is 9.56. The summed E-state index contributed by atoms with van der Waals surface area (Å²) in [5.41, 5.74) is 2.10. The molecule has 2 atom stereocenters. The zero-order valence-electron chi connectivity index (χ0n) is 18.8. The molecule has 1 N–H and O–H groups in total. The average molecular weight is 489 g/mol. The lowest BCUT2D eigenvalue weighted by Crippen LogP contribution is -2.32. The van der Waals surface area contributed by atoms with Gasteiger partial charge in [0, 0.05) is 18.5 Å². The zero-order chi connectivity index (χ0) is 23.9. The van der Waals surface area contributed by atoms with Crippen LogP contribution in [0.5, 0.6) is 5.75 Å². The van der Waals surface area contributed by atoms with E-state index in [1.165, 1.54) is 4.90 Å². The zero-order valence-corrected chi connectivity index (χ0v) is 20.3. The average Bonchev–Trinajstić information content (AvgIpc) is 3.26. The normalized spacial score (nSPS) is 21.6. The van der Waals surface area contributed by atoms with Gasteiger partial charge in [-0.3, -0.25) is 9.59 Å². The number of aliphatic hydroxyl groups excluding tert-OH is 1. The number of carbonyl (C=O) groups is 2. The molecule has 0 aromatic heterocycles. The Hall–Kier alpha value is -2.54. The van der Waals surface area contributed by atoms with E-state index in [0.29, 0.717) is 40.6 Å². The summed E-state index contributed by atoms with van der Waals surface area (Å²) in [4.78, 5) is 29.7. The van der Waals surface area contributed by atoms with E-state index in [4.69, 9.17) is 27.9 Å². The molecule has 1 amide bonds. The van der Waals surface area contributed by atoms with Gasteiger partial charge in [-0.25, -0.2) is 0 Å². The Bertz CT molecular complexity index is 1150. The number of benzene rings is 2. The number of fused-ring (bicyclic) bond motifs is 1. The van der Waals surface area contributed by atoms with Crippen molar-refractivity contribution in [1.29, 1.82) is 0 Å². The molecule has 174 valence electrons. The van der Waals surface area contributed by atoms with Crippen molar-refractivity contribution in [3.8, 4) is 5.75 Å². The number of halogens is 2. The number of rotatable bonds is 6. The number of aliphatic hydroxyl groups is 1. The third-order valence-corrected chi connectivity index (χ3v) is 6.71. The molecular formula is C25H26Cl2N2O4. The number of ketones is 1. The second-order valence-electron chi connectivity index (χ2n) is 8.78. The summed E-state index contributed by atoms with van der Waals surface area (Å²) < 4.78 is 5.74. The van der Waals surface area contributed by atoms with Crippen LogP contribution in [0.3, 0.4) is 0 Å². The van der Waals surface area contributed by atoms with Gasteiger partial charge in [-0.2, -0.15) is 0 Å². The van der Waals surface area contributed by atoms with Gasteiger partial charge in [0.25, 0.3) is 11.7 Å². The fraction of sp³-hybridized carbons (Fsp3) is 0.360. The number of nitrogens with zero attached hydrogens (tertiary/aromatic N) is 2. The molecule has 1 fully saturated rings. The van der Waals surface area contributed by atoms with E-state index in [1.807, 2.05) is 32.0 Å². The first-order valence-corrected chi connectivity index (χ1v) is 11.6. The van der Waals surface area contributed by atoms with E-state index in [1.54, 1.807) is 30.3 Å². The molecule has 6 nitrogen and oxygen atoms in total. The highest BCUT2D eigenvalue weighted by molar-refractivity contribution is 6.46. The monoisotopic (exact) mass is 488 g/mol. The predicted octanol–water partition coefficient (Wildman–Crippen LogP) is 4.69. The number of ether oxygens (including phenoxy) is 1. The molecule has 2 aromatic rings. The van der Waals surface area contributed by atoms with Gasteiger partial charge in [0.15, 0.2) is 0 Å². The smallest absolute Gasteiger partial charge is 0.295 e. The molecule has 8 heteroatoms. The lowest BCUT2D eigenvalue weighted by molar-refractivity contribution is -0.139. The number of Topliss-reactive ketones (excluding diaryl/α,β-unsaturated/α-hetero) is 1. The fourth-order valence-corrected chi connectivity index (χ4v) is 4.73. The summed E-state index contributed by atoms with van der Waals surface area (Å²) in [7, 11) is 3.89. The number of hydrogen-bond donors (Lipinski definition) is 1. The molecule has 0 aliphatic carbocycles. The first-order valence-electron chi connectivity index (χ1n) is 10.9. The number of likely N-dealkylation sites (tertiary alicyclic amines) is 1. The van der Waals surface area contributed by atoms with E-state index < -0.39 is 17.7 Å². The predicted molar refractivity (Wildman–Crippen MR) is 129 cm³/mol. The molecule has 0 saturated carbocycles. The van der Waals surface area contributed by atoms with Crippen molar-refractivity contribution < 1.29 is 19.4 Å². The summed E-state index contributed by atoms with van der Waals surface area (Å²) in [5.74, 6) is -0.783. The van der Waals surface area contributed by atoms with Crippen LogP contribution in [0, 0.1) is 0 Å². The summed E-state index contributed by atoms with van der Waals surface area (Å²) >= 11 is 12.4. The van der Waals surface area contributed by atoms with Crippen molar-refractivity contribution in [3.05, 3.63) is 68.7 Å². The minimum absolute atomic E-state index is 0.0511. The molecule has 2 heterocycles. The second kappa shape index (κ2) is 9.37. The van der Waals surface area contributed by atoms with Crippen LogP contribution in [0.25, 0.3) is 5.76 Å². The van der Waals surface area contributed by atoms with Gasteiger partial charge in [0.2, 0.25) is 0 Å². The minimum Gasteiger partial charge on any atom is -0.507 e. The standard InChI is InChI=1S/C25H26Cl2N2O4/c1-14-11-17-12-16(6-8-20(17)33-14)23(30)21-22(15-5-7-18(26)19(27)13-15)29(25(32)24(21)31)10-4-9-28(2)3/h5-8,12-14,22,30H,4,9-11H2,1-3H3/b23-21+. The van der Waals surface area contributed by atoms with Gasteiger partial charge in [0.05, 0.1) is 21.7 Å². The fourth-order valence-electron chi connectivity index (χ4n) is 4.42. The minimum atomic E-state index is -0.759. The summed E-state index contributed by atoms with van der Waals surface area (Å²) in [6.07, 6.45) is 1.44. The maximum atomic E-state index is 13.1. The first-order chi connectivity index (χ1) is 15.7. The van der Waals surface area contributed by atoms with E-state index in [-0.39, 0.29) is 17.4 Å². The Kier molecular flexibility index (Phi) is 6.71. The molecule has 0 radical (unpaired) electrons. The second-order valence-corrected chi connectivity index (χ2v) is 9.59. The molecule has 1 saturated heterocycles. The Morgan fingerprint density at radius 3 is 2.61 bits per heavy atom. The number of amides is 1. The van der Waals surface area contributed by atoms with Crippen LogP contribution >= 0.6 is 23.2 Å². The molecule has 4 rings (SSSR count). The van der Waals surface area contributed by atoms with Crippen molar-refractivity contribution >= 4 is 40.7 Å². The maximum absolute atomic E-state index is 13.1. The van der Waals surface area contributed by atoms with Crippen molar-refractivity contribution in [2.45, 2.75) is 31.9 Å². The van der Waals surface area contributed by atoms with Gasteiger partial charge in [-0.1, -0.05) is 29.3 Å². The van der Waals surface area contributed by atoms with Gasteiger partial charge in [0.1, 0.15) is 17.6 Å².